The van der Waals surface area contributed by atoms with E-state index in [2.05, 4.69) is 0 Å². The second-order valence-electron chi connectivity index (χ2n) is 4.03. The number of ketones is 1. The Kier molecular flexibility index (Phi) is 3.42. The van der Waals surface area contributed by atoms with Gasteiger partial charge in [-0.3, -0.25) is 9.59 Å². The van der Waals surface area contributed by atoms with Crippen LogP contribution in [0.3, 0.4) is 0 Å². The molecule has 0 atom stereocenters. The first-order valence-electron chi connectivity index (χ1n) is 5.66. The largest absolute Gasteiger partial charge is 0.496 e. The Morgan fingerprint density at radius 2 is 2.06 bits per heavy atom. The molecule has 1 aliphatic heterocycles. The van der Waals surface area contributed by atoms with E-state index in [9.17, 15) is 9.59 Å². The van der Waals surface area contributed by atoms with Gasteiger partial charge in [-0.1, -0.05) is 18.2 Å². The summed E-state index contributed by atoms with van der Waals surface area (Å²) in [6, 6.07) is 7.72. The highest BCUT2D eigenvalue weighted by Gasteiger charge is 2.28. The van der Waals surface area contributed by atoms with E-state index in [1.165, 1.54) is 0 Å². The highest BCUT2D eigenvalue weighted by Crippen LogP contribution is 2.18. The fourth-order valence-electron chi connectivity index (χ4n) is 2.00. The average molecular weight is 233 g/mol. The number of carbonyl (C=O) groups is 2. The van der Waals surface area contributed by atoms with Crippen molar-refractivity contribution < 1.29 is 14.3 Å². The van der Waals surface area contributed by atoms with Gasteiger partial charge < -0.3 is 9.64 Å². The first kappa shape index (κ1) is 11.6. The van der Waals surface area contributed by atoms with E-state index < -0.39 is 0 Å². The van der Waals surface area contributed by atoms with Crippen LogP contribution in [0.25, 0.3) is 0 Å². The molecule has 1 saturated heterocycles. The van der Waals surface area contributed by atoms with E-state index in [1.54, 1.807) is 12.0 Å². The van der Waals surface area contributed by atoms with Gasteiger partial charge in [-0.15, -0.1) is 0 Å². The van der Waals surface area contributed by atoms with Crippen LogP contribution in [0.4, 0.5) is 0 Å². The number of hydrogen-bond acceptors (Lipinski definition) is 3. The molecule has 4 nitrogen and oxygen atoms in total. The fraction of sp³-hybridized carbons (Fsp3) is 0.385. The van der Waals surface area contributed by atoms with Gasteiger partial charge in [-0.25, -0.2) is 0 Å². The number of Topliss-reactive ketones (excluding diaryl/α,β-unsaturated/α-hetero) is 1. The summed E-state index contributed by atoms with van der Waals surface area (Å²) in [5.41, 5.74) is 1.06. The quantitative estimate of drug-likeness (QED) is 0.730. The second kappa shape index (κ2) is 4.99. The van der Waals surface area contributed by atoms with Gasteiger partial charge in [-0.05, 0) is 18.1 Å². The molecule has 4 heteroatoms. The third-order valence-electron chi connectivity index (χ3n) is 2.98. The van der Waals surface area contributed by atoms with E-state index in [4.69, 9.17) is 4.74 Å². The van der Waals surface area contributed by atoms with Gasteiger partial charge >= 0.3 is 0 Å². The Morgan fingerprint density at radius 1 is 1.29 bits per heavy atom. The van der Waals surface area contributed by atoms with Gasteiger partial charge in [0.1, 0.15) is 5.75 Å². The summed E-state index contributed by atoms with van der Waals surface area (Å²) in [6.07, 6.45) is 1.06. The van der Waals surface area contributed by atoms with Crippen molar-refractivity contribution in [2.75, 3.05) is 20.2 Å². The predicted octanol–water partition coefficient (Wildman–Crippen LogP) is 1.04. The molecule has 0 aromatic heterocycles. The summed E-state index contributed by atoms with van der Waals surface area (Å²) in [5.74, 6) is 0.204. The zero-order chi connectivity index (χ0) is 12.3. The summed E-state index contributed by atoms with van der Waals surface area (Å²) in [7, 11) is 1.63. The third-order valence-corrected chi connectivity index (χ3v) is 2.98. The molecule has 0 bridgehead atoms. The first-order chi connectivity index (χ1) is 8.22. The number of para-hydroxylation sites is 1. The maximum atomic E-state index is 11.4. The van der Waals surface area contributed by atoms with Crippen LogP contribution in [0.2, 0.25) is 0 Å². The molecule has 0 radical (unpaired) electrons. The van der Waals surface area contributed by atoms with E-state index in [1.807, 2.05) is 24.3 Å². The molecular weight excluding hydrogens is 218 g/mol. The van der Waals surface area contributed by atoms with E-state index in [-0.39, 0.29) is 11.7 Å². The molecule has 0 N–H and O–H groups in total. The van der Waals surface area contributed by atoms with Crippen molar-refractivity contribution in [3.63, 3.8) is 0 Å². The summed E-state index contributed by atoms with van der Waals surface area (Å²) < 4.78 is 5.24. The third kappa shape index (κ3) is 2.46. The number of benzene rings is 1. The highest BCUT2D eigenvalue weighted by molar-refractivity contribution is 6.37. The molecule has 0 unspecified atom stereocenters. The molecule has 17 heavy (non-hydrogen) atoms. The van der Waals surface area contributed by atoms with Crippen molar-refractivity contribution in [1.29, 1.82) is 0 Å². The van der Waals surface area contributed by atoms with Crippen LogP contribution < -0.4 is 4.74 Å². The van der Waals surface area contributed by atoms with Crippen LogP contribution in [-0.2, 0) is 16.0 Å². The van der Waals surface area contributed by atoms with Gasteiger partial charge in [0.05, 0.1) is 7.11 Å². The molecule has 1 aromatic carbocycles. The van der Waals surface area contributed by atoms with Gasteiger partial charge in [0.2, 0.25) is 5.78 Å². The van der Waals surface area contributed by atoms with Crippen LogP contribution in [0, 0.1) is 0 Å². The zero-order valence-corrected chi connectivity index (χ0v) is 9.81. The molecule has 2 rings (SSSR count). The maximum absolute atomic E-state index is 11.4. The van der Waals surface area contributed by atoms with Crippen LogP contribution in [0.5, 0.6) is 5.75 Å². The van der Waals surface area contributed by atoms with Gasteiger partial charge in [0.25, 0.3) is 5.91 Å². The molecule has 1 aliphatic rings. The lowest BCUT2D eigenvalue weighted by atomic mass is 10.1. The van der Waals surface area contributed by atoms with Crippen LogP contribution in [-0.4, -0.2) is 36.8 Å². The topological polar surface area (TPSA) is 46.6 Å². The zero-order valence-electron chi connectivity index (χ0n) is 9.81. The minimum absolute atomic E-state index is 0.273. The van der Waals surface area contributed by atoms with Gasteiger partial charge in [0, 0.05) is 19.5 Å². The van der Waals surface area contributed by atoms with Crippen LogP contribution in [0.15, 0.2) is 24.3 Å². The minimum atomic E-state index is -0.347. The SMILES string of the molecule is COc1ccccc1CCN1CCC(=O)C1=O. The smallest absolute Gasteiger partial charge is 0.290 e. The molecule has 1 amide bonds. The monoisotopic (exact) mass is 233 g/mol. The molecule has 0 spiro atoms. The number of hydrogen-bond donors (Lipinski definition) is 0. The number of carbonyl (C=O) groups excluding carboxylic acids is 2. The predicted molar refractivity (Wildman–Crippen MR) is 62.9 cm³/mol. The number of nitrogens with zero attached hydrogens (tertiary/aromatic N) is 1. The Balaban J connectivity index is 1.98. The number of likely N-dealkylation sites (tertiary alicyclic amines) is 1. The first-order valence-corrected chi connectivity index (χ1v) is 5.66. The molecule has 0 saturated carbocycles. The number of methoxy groups -OCH3 is 1. The van der Waals surface area contributed by atoms with Crippen LogP contribution in [0.1, 0.15) is 12.0 Å². The highest BCUT2D eigenvalue weighted by atomic mass is 16.5. The van der Waals surface area contributed by atoms with Crippen molar-refractivity contribution in [3.8, 4) is 5.75 Å². The molecular formula is C13H15NO3. The van der Waals surface area contributed by atoms with Crippen LogP contribution >= 0.6 is 0 Å². The van der Waals surface area contributed by atoms with Crippen molar-refractivity contribution in [1.82, 2.24) is 4.90 Å². The maximum Gasteiger partial charge on any atom is 0.290 e. The summed E-state index contributed by atoms with van der Waals surface area (Å²) >= 11 is 0. The van der Waals surface area contributed by atoms with Crippen molar-refractivity contribution >= 4 is 11.7 Å². The molecule has 90 valence electrons. The minimum Gasteiger partial charge on any atom is -0.496 e. The molecule has 1 fully saturated rings. The Hall–Kier alpha value is -1.84. The number of amides is 1. The molecule has 1 heterocycles. The Morgan fingerprint density at radius 3 is 2.71 bits per heavy atom. The summed E-state index contributed by atoms with van der Waals surface area (Å²) in [4.78, 5) is 24.1. The summed E-state index contributed by atoms with van der Waals surface area (Å²) in [5, 5.41) is 0. The lowest BCUT2D eigenvalue weighted by Gasteiger charge is -2.15. The molecule has 0 aliphatic carbocycles. The van der Waals surface area contributed by atoms with E-state index in [0.717, 1.165) is 11.3 Å². The van der Waals surface area contributed by atoms with Crippen molar-refractivity contribution in [3.05, 3.63) is 29.8 Å². The van der Waals surface area contributed by atoms with Crippen molar-refractivity contribution in [2.45, 2.75) is 12.8 Å². The lowest BCUT2D eigenvalue weighted by molar-refractivity contribution is -0.139. The second-order valence-corrected chi connectivity index (χ2v) is 4.03. The molecule has 1 aromatic rings. The van der Waals surface area contributed by atoms with Crippen molar-refractivity contribution in [2.24, 2.45) is 0 Å². The lowest BCUT2D eigenvalue weighted by Crippen LogP contribution is -2.29. The average Bonchev–Trinajstić information content (AvgIpc) is 2.68. The number of rotatable bonds is 4. The van der Waals surface area contributed by atoms with E-state index >= 15 is 0 Å². The Bertz CT molecular complexity index is 442. The van der Waals surface area contributed by atoms with E-state index in [0.29, 0.717) is 25.9 Å². The number of ether oxygens (including phenoxy) is 1. The normalized spacial score (nSPS) is 15.5. The van der Waals surface area contributed by atoms with Gasteiger partial charge in [-0.2, -0.15) is 0 Å². The summed E-state index contributed by atoms with van der Waals surface area (Å²) in [6.45, 7) is 1.12. The Labute approximate surface area is 100 Å². The fourth-order valence-corrected chi connectivity index (χ4v) is 2.00. The van der Waals surface area contributed by atoms with Gasteiger partial charge in [0.15, 0.2) is 0 Å². The standard InChI is InChI=1S/C13H15NO3/c1-17-12-5-3-2-4-10(12)6-8-14-9-7-11(15)13(14)16/h2-5H,6-9H2,1H3.